The maximum Gasteiger partial charge on any atom is 0.395 e. The van der Waals surface area contributed by atoms with E-state index < -0.39 is 42.1 Å². The van der Waals surface area contributed by atoms with E-state index in [4.69, 9.17) is 11.6 Å². The second kappa shape index (κ2) is 11.5. The molecule has 0 saturated heterocycles. The smallest absolute Gasteiger partial charge is 0.382 e. The van der Waals surface area contributed by atoms with Crippen molar-refractivity contribution in [2.24, 2.45) is 5.41 Å². The van der Waals surface area contributed by atoms with E-state index in [1.807, 2.05) is 28.7 Å². The van der Waals surface area contributed by atoms with Gasteiger partial charge in [0, 0.05) is 35.1 Å². The molecular weight excluding hydrogens is 725 g/mol. The van der Waals surface area contributed by atoms with Crippen LogP contribution in [0.25, 0.3) is 10.9 Å². The number of hydrogen-bond donors (Lipinski definition) is 2. The van der Waals surface area contributed by atoms with E-state index in [-0.39, 0.29) is 45.7 Å². The number of benzene rings is 1. The average Bonchev–Trinajstić information content (AvgIpc) is 3.66. The lowest BCUT2D eigenvalue weighted by Crippen LogP contribution is -2.38. The van der Waals surface area contributed by atoms with Gasteiger partial charge in [0.25, 0.3) is 6.43 Å². The fraction of sp³-hybridized carbons (Fsp3) is 0.393. The van der Waals surface area contributed by atoms with Crippen molar-refractivity contribution in [2.75, 3.05) is 17.2 Å². The molecule has 1 aliphatic rings. The first-order chi connectivity index (χ1) is 20.6. The van der Waals surface area contributed by atoms with Crippen LogP contribution in [0.4, 0.5) is 37.7 Å². The molecule has 1 saturated carbocycles. The summed E-state index contributed by atoms with van der Waals surface area (Å²) in [5.74, 6) is -0.723. The Kier molecular flexibility index (Phi) is 8.38. The first-order valence-corrected chi connectivity index (χ1v) is 14.7. The summed E-state index contributed by atoms with van der Waals surface area (Å²) in [6.07, 6.45) is -5.51. The van der Waals surface area contributed by atoms with Gasteiger partial charge in [-0.25, -0.2) is 18.4 Å². The second-order valence-electron chi connectivity index (χ2n) is 11.2. The van der Waals surface area contributed by atoms with E-state index in [2.05, 4.69) is 30.9 Å². The monoisotopic (exact) mass is 748 g/mol. The molecule has 232 valence electrons. The number of rotatable bonds is 9. The van der Waals surface area contributed by atoms with Crippen LogP contribution in [0, 0.1) is 33.3 Å². The summed E-state index contributed by atoms with van der Waals surface area (Å²) >= 11 is 8.48. The molecule has 0 unspecified atom stereocenters. The van der Waals surface area contributed by atoms with Crippen molar-refractivity contribution in [2.45, 2.75) is 57.8 Å². The van der Waals surface area contributed by atoms with E-state index in [0.29, 0.717) is 20.6 Å². The summed E-state index contributed by atoms with van der Waals surface area (Å²) in [5, 5.41) is 24.4. The van der Waals surface area contributed by atoms with Crippen LogP contribution >= 0.6 is 34.2 Å². The minimum absolute atomic E-state index is 0.00181. The SMILES string of the molecule is Cc1nc(F)ccc1[C@H](Nc1cc(Cl)c2ncc(C#N)c(NCC(C)(C)C(F)(F)F)c2c1)c1nnn(C2(C(F)F)CC2)c1I. The normalized spacial score (nSPS) is 15.3. The summed E-state index contributed by atoms with van der Waals surface area (Å²) in [7, 11) is 0. The molecule has 2 N–H and O–H groups in total. The number of nitriles is 1. The number of fused-ring (bicyclic) bond motifs is 1. The summed E-state index contributed by atoms with van der Waals surface area (Å²) in [6.45, 7) is 3.10. The van der Waals surface area contributed by atoms with Crippen LogP contribution in [-0.2, 0) is 5.54 Å². The zero-order chi connectivity index (χ0) is 32.2. The second-order valence-corrected chi connectivity index (χ2v) is 12.6. The van der Waals surface area contributed by atoms with Crippen molar-refractivity contribution < 1.29 is 26.3 Å². The highest BCUT2D eigenvalue weighted by Gasteiger charge is 2.55. The molecule has 1 aliphatic carbocycles. The average molecular weight is 749 g/mol. The number of pyridine rings is 2. The Hall–Kier alpha value is -3.39. The summed E-state index contributed by atoms with van der Waals surface area (Å²) in [4.78, 5) is 8.14. The third-order valence-electron chi connectivity index (χ3n) is 7.74. The lowest BCUT2D eigenvalue weighted by atomic mass is 9.92. The Bertz CT molecular complexity index is 1780. The molecule has 4 aromatic rings. The minimum Gasteiger partial charge on any atom is -0.382 e. The van der Waals surface area contributed by atoms with E-state index >= 15 is 0 Å². The topological polar surface area (TPSA) is 104 Å². The number of aryl methyl sites for hydroxylation is 1. The van der Waals surface area contributed by atoms with Crippen molar-refractivity contribution >= 4 is 56.5 Å². The third kappa shape index (κ3) is 5.73. The number of nitrogens with one attached hydrogen (secondary N) is 2. The van der Waals surface area contributed by atoms with Crippen molar-refractivity contribution in [1.29, 1.82) is 5.26 Å². The minimum atomic E-state index is -4.52. The molecular formula is C28H24ClF6IN8. The largest absolute Gasteiger partial charge is 0.395 e. The molecule has 3 aromatic heterocycles. The van der Waals surface area contributed by atoms with Gasteiger partial charge >= 0.3 is 6.18 Å². The Morgan fingerprint density at radius 1 is 1.20 bits per heavy atom. The highest BCUT2D eigenvalue weighted by molar-refractivity contribution is 14.1. The van der Waals surface area contributed by atoms with E-state index in [1.54, 1.807) is 13.0 Å². The Labute approximate surface area is 266 Å². The Morgan fingerprint density at radius 2 is 1.91 bits per heavy atom. The molecule has 1 aromatic carbocycles. The van der Waals surface area contributed by atoms with Gasteiger partial charge in [0.05, 0.1) is 27.2 Å². The van der Waals surface area contributed by atoms with Gasteiger partial charge in [-0.3, -0.25) is 4.98 Å². The predicted octanol–water partition coefficient (Wildman–Crippen LogP) is 7.75. The first kappa shape index (κ1) is 32.0. The fourth-order valence-electron chi connectivity index (χ4n) is 4.73. The number of alkyl halides is 5. The van der Waals surface area contributed by atoms with E-state index in [1.165, 1.54) is 23.0 Å². The van der Waals surface area contributed by atoms with Crippen LogP contribution in [0.2, 0.25) is 5.02 Å². The molecule has 44 heavy (non-hydrogen) atoms. The van der Waals surface area contributed by atoms with Crippen molar-refractivity contribution in [3.8, 4) is 6.07 Å². The highest BCUT2D eigenvalue weighted by atomic mass is 127. The summed E-state index contributed by atoms with van der Waals surface area (Å²) < 4.78 is 84.2. The van der Waals surface area contributed by atoms with Crippen LogP contribution in [0.1, 0.15) is 55.2 Å². The molecule has 0 radical (unpaired) electrons. The van der Waals surface area contributed by atoms with Crippen LogP contribution < -0.4 is 10.6 Å². The molecule has 1 atom stereocenters. The van der Waals surface area contributed by atoms with Crippen molar-refractivity contribution in [3.05, 3.63) is 67.6 Å². The molecule has 5 rings (SSSR count). The van der Waals surface area contributed by atoms with Gasteiger partial charge in [-0.15, -0.1) is 5.10 Å². The molecule has 3 heterocycles. The van der Waals surface area contributed by atoms with Gasteiger partial charge in [0.2, 0.25) is 5.95 Å². The molecule has 0 amide bonds. The zero-order valence-electron chi connectivity index (χ0n) is 23.4. The van der Waals surface area contributed by atoms with Gasteiger partial charge < -0.3 is 10.6 Å². The van der Waals surface area contributed by atoms with Gasteiger partial charge in [0.1, 0.15) is 27.0 Å². The molecule has 8 nitrogen and oxygen atoms in total. The molecule has 16 heteroatoms. The lowest BCUT2D eigenvalue weighted by Gasteiger charge is -2.28. The van der Waals surface area contributed by atoms with Gasteiger partial charge in [-0.2, -0.15) is 22.8 Å². The Morgan fingerprint density at radius 3 is 2.50 bits per heavy atom. The number of halogens is 8. The molecule has 0 spiro atoms. The van der Waals surface area contributed by atoms with E-state index in [0.717, 1.165) is 19.9 Å². The van der Waals surface area contributed by atoms with Gasteiger partial charge in [-0.05, 0) is 74.4 Å². The van der Waals surface area contributed by atoms with E-state index in [9.17, 15) is 31.6 Å². The summed E-state index contributed by atoms with van der Waals surface area (Å²) in [5.41, 5.74) is -1.92. The van der Waals surface area contributed by atoms with Crippen LogP contribution in [0.15, 0.2) is 30.5 Å². The quantitative estimate of drug-likeness (QED) is 0.103. The molecule has 0 aliphatic heterocycles. The summed E-state index contributed by atoms with van der Waals surface area (Å²) in [6, 6.07) is 6.76. The Balaban J connectivity index is 1.62. The van der Waals surface area contributed by atoms with Gasteiger partial charge in [0.15, 0.2) is 0 Å². The third-order valence-corrected chi connectivity index (χ3v) is 9.04. The van der Waals surface area contributed by atoms with Crippen molar-refractivity contribution in [3.63, 3.8) is 0 Å². The van der Waals surface area contributed by atoms with Crippen LogP contribution in [-0.4, -0.2) is 44.1 Å². The fourth-order valence-corrected chi connectivity index (χ4v) is 5.99. The van der Waals surface area contributed by atoms with Crippen LogP contribution in [0.3, 0.4) is 0 Å². The number of hydrogen-bond acceptors (Lipinski definition) is 7. The maximum atomic E-state index is 14.0. The lowest BCUT2D eigenvalue weighted by molar-refractivity contribution is -0.206. The number of aromatic nitrogens is 5. The predicted molar refractivity (Wildman–Crippen MR) is 160 cm³/mol. The standard InChI is InChI=1S/C28H24ClF6IN8/c1-13-16(4-5-19(30)40-13)22(23-24(36)44(43-42-23)27(6-7-27)25(31)32)41-15-8-17-20(39-12-26(2,3)28(33,34)35)14(10-37)11-38-21(17)18(29)9-15/h4-5,8-9,11,22,25,41H,6-7,12H2,1-3H3,(H,38,39)/t22-/m0/s1. The molecule has 1 fully saturated rings. The van der Waals surface area contributed by atoms with Gasteiger partial charge in [-0.1, -0.05) is 22.9 Å². The van der Waals surface area contributed by atoms with Crippen LogP contribution in [0.5, 0.6) is 0 Å². The molecule has 0 bridgehead atoms. The van der Waals surface area contributed by atoms with Crippen molar-refractivity contribution in [1.82, 2.24) is 25.0 Å². The zero-order valence-corrected chi connectivity index (χ0v) is 26.3. The number of anilines is 2. The number of nitrogens with zero attached hydrogens (tertiary/aromatic N) is 6. The maximum absolute atomic E-state index is 14.0. The first-order valence-electron chi connectivity index (χ1n) is 13.2. The highest BCUT2D eigenvalue weighted by Crippen LogP contribution is 2.49.